The smallest absolute Gasteiger partial charge is 0.270 e. The van der Waals surface area contributed by atoms with Crippen LogP contribution in [0.2, 0.25) is 0 Å². The number of fused-ring (bicyclic) bond motifs is 1. The van der Waals surface area contributed by atoms with Crippen LogP contribution in [0.25, 0.3) is 0 Å². The van der Waals surface area contributed by atoms with Gasteiger partial charge in [0.1, 0.15) is 15.7 Å². The van der Waals surface area contributed by atoms with E-state index in [0.29, 0.717) is 11.7 Å². The fraction of sp³-hybridized carbons (Fsp3) is 0.364. The molecule has 10 heteroatoms. The third-order valence-electron chi connectivity index (χ3n) is 3.24. The van der Waals surface area contributed by atoms with E-state index >= 15 is 0 Å². The first-order chi connectivity index (χ1) is 10.1. The first kappa shape index (κ1) is 13.6. The number of nitrogens with one attached hydrogen (secondary N) is 2. The average Bonchev–Trinajstić information content (AvgIpc) is 3.07. The van der Waals surface area contributed by atoms with Gasteiger partial charge in [0.2, 0.25) is 5.17 Å². The summed E-state index contributed by atoms with van der Waals surface area (Å²) in [5.41, 5.74) is 2.03. The molecule has 1 unspecified atom stereocenters. The Morgan fingerprint density at radius 2 is 2.38 bits per heavy atom. The maximum atomic E-state index is 12.4. The topological polar surface area (TPSA) is 116 Å². The lowest BCUT2D eigenvalue weighted by Gasteiger charge is -2.22. The lowest BCUT2D eigenvalue weighted by molar-refractivity contribution is -0.112. The van der Waals surface area contributed by atoms with Crippen molar-refractivity contribution < 1.29 is 9.00 Å². The number of rotatable bonds is 3. The van der Waals surface area contributed by atoms with Gasteiger partial charge in [-0.15, -0.1) is 5.10 Å². The van der Waals surface area contributed by atoms with Crippen LogP contribution >= 0.6 is 0 Å². The van der Waals surface area contributed by atoms with Gasteiger partial charge in [0, 0.05) is 18.4 Å². The molecule has 21 heavy (non-hydrogen) atoms. The van der Waals surface area contributed by atoms with Crippen LogP contribution in [0.5, 0.6) is 0 Å². The van der Waals surface area contributed by atoms with Crippen LogP contribution in [0.4, 0.5) is 5.95 Å². The van der Waals surface area contributed by atoms with Gasteiger partial charge in [0.15, 0.2) is 0 Å². The van der Waals surface area contributed by atoms with Gasteiger partial charge in [0.25, 0.3) is 11.9 Å². The van der Waals surface area contributed by atoms with E-state index in [9.17, 15) is 9.00 Å². The number of tetrazole rings is 1. The number of amidine groups is 1. The number of nitrogens with zero attached hydrogens (tertiary/aromatic N) is 5. The molecule has 0 aromatic carbocycles. The van der Waals surface area contributed by atoms with Crippen LogP contribution in [0, 0.1) is 0 Å². The zero-order valence-corrected chi connectivity index (χ0v) is 12.3. The summed E-state index contributed by atoms with van der Waals surface area (Å²) in [5, 5.41) is 15.6. The molecule has 1 atom stereocenters. The highest BCUT2D eigenvalue weighted by atomic mass is 32.2. The van der Waals surface area contributed by atoms with Gasteiger partial charge >= 0.3 is 0 Å². The molecule has 1 amide bonds. The van der Waals surface area contributed by atoms with Crippen molar-refractivity contribution in [1.82, 2.24) is 25.5 Å². The van der Waals surface area contributed by atoms with E-state index < -0.39 is 16.7 Å². The minimum Gasteiger partial charge on any atom is -0.320 e. The number of anilines is 1. The summed E-state index contributed by atoms with van der Waals surface area (Å²) in [6, 6.07) is 0. The second kappa shape index (κ2) is 5.20. The number of hydrogen-bond acceptors (Lipinski definition) is 7. The second-order valence-electron chi connectivity index (χ2n) is 4.52. The van der Waals surface area contributed by atoms with Gasteiger partial charge in [-0.05, 0) is 24.1 Å². The third-order valence-corrected chi connectivity index (χ3v) is 4.59. The first-order valence-corrected chi connectivity index (χ1v) is 7.47. The second-order valence-corrected chi connectivity index (χ2v) is 5.86. The molecule has 1 aromatic heterocycles. The van der Waals surface area contributed by atoms with Gasteiger partial charge in [-0.2, -0.15) is 5.21 Å². The van der Waals surface area contributed by atoms with Crippen molar-refractivity contribution in [2.24, 2.45) is 4.99 Å². The normalized spacial score (nSPS) is 21.0. The van der Waals surface area contributed by atoms with Crippen LogP contribution in [0.1, 0.15) is 20.3 Å². The van der Waals surface area contributed by atoms with E-state index in [1.54, 1.807) is 11.1 Å². The molecule has 1 aromatic rings. The summed E-state index contributed by atoms with van der Waals surface area (Å²) in [4.78, 5) is 18.3. The Balaban J connectivity index is 1.83. The number of carbonyl (C=O) groups excluding carboxylic acids is 1. The first-order valence-electron chi connectivity index (χ1n) is 6.32. The maximum absolute atomic E-state index is 12.4. The number of amides is 1. The van der Waals surface area contributed by atoms with Gasteiger partial charge in [-0.25, -0.2) is 9.20 Å². The predicted octanol–water partition coefficient (Wildman–Crippen LogP) is 0.0975. The summed E-state index contributed by atoms with van der Waals surface area (Å²) in [5.74, 6) is -0.490. The van der Waals surface area contributed by atoms with E-state index in [2.05, 4.69) is 30.9 Å². The van der Waals surface area contributed by atoms with Crippen LogP contribution in [-0.2, 0) is 15.6 Å². The molecule has 0 bridgehead atoms. The minimum atomic E-state index is -1.60. The van der Waals surface area contributed by atoms with Crippen molar-refractivity contribution in [2.45, 2.75) is 20.3 Å². The van der Waals surface area contributed by atoms with Gasteiger partial charge in [0.05, 0.1) is 0 Å². The van der Waals surface area contributed by atoms with Gasteiger partial charge in [-0.1, -0.05) is 12.0 Å². The molecule has 2 N–H and O–H groups in total. The molecular formula is C11H13N7O2S. The Morgan fingerprint density at radius 1 is 1.57 bits per heavy atom. The Morgan fingerprint density at radius 3 is 3.05 bits per heavy atom. The van der Waals surface area contributed by atoms with Crippen LogP contribution in [0.3, 0.4) is 0 Å². The Hall–Kier alpha value is -2.36. The highest BCUT2D eigenvalue weighted by molar-refractivity contribution is 8.05. The fourth-order valence-electron chi connectivity index (χ4n) is 2.10. The molecule has 2 aliphatic heterocycles. The van der Waals surface area contributed by atoms with Gasteiger partial charge < -0.3 is 4.90 Å². The molecular weight excluding hydrogens is 294 g/mol. The monoisotopic (exact) mass is 307 g/mol. The molecule has 0 radical (unpaired) electrons. The average molecular weight is 307 g/mol. The minimum absolute atomic E-state index is 0.0354. The zero-order chi connectivity index (χ0) is 15.0. The van der Waals surface area contributed by atoms with Crippen molar-refractivity contribution >= 4 is 27.8 Å². The van der Waals surface area contributed by atoms with E-state index in [1.165, 1.54) is 0 Å². The van der Waals surface area contributed by atoms with E-state index in [4.69, 9.17) is 0 Å². The van der Waals surface area contributed by atoms with E-state index in [0.717, 1.165) is 17.7 Å². The molecule has 0 saturated carbocycles. The predicted molar refractivity (Wildman–Crippen MR) is 76.2 cm³/mol. The quantitative estimate of drug-likeness (QED) is 0.818. The number of aliphatic imine (C=N–C) groups is 1. The lowest BCUT2D eigenvalue weighted by Crippen LogP contribution is -2.30. The van der Waals surface area contributed by atoms with Crippen LogP contribution in [0.15, 0.2) is 27.4 Å². The molecule has 110 valence electrons. The molecule has 0 saturated heterocycles. The number of carbonyl (C=O) groups is 1. The molecule has 2 aliphatic rings. The molecule has 0 spiro atoms. The number of aromatic nitrogens is 4. The van der Waals surface area contributed by atoms with Crippen molar-refractivity contribution in [3.63, 3.8) is 0 Å². The summed E-state index contributed by atoms with van der Waals surface area (Å²) >= 11 is 0. The largest absolute Gasteiger partial charge is 0.320 e. The molecule has 0 fully saturated rings. The van der Waals surface area contributed by atoms with Crippen molar-refractivity contribution in [3.8, 4) is 0 Å². The van der Waals surface area contributed by atoms with Crippen molar-refractivity contribution in [2.75, 3.05) is 11.9 Å². The molecule has 3 rings (SSSR count). The van der Waals surface area contributed by atoms with E-state index in [1.807, 2.05) is 13.8 Å². The SMILES string of the molecule is CCC1=C(C)N=C2N(C=C(C(=O)Nc3nn[nH]n3)S2=O)C1. The highest BCUT2D eigenvalue weighted by Gasteiger charge is 2.35. The number of hydrogen-bond donors (Lipinski definition) is 2. The van der Waals surface area contributed by atoms with Crippen molar-refractivity contribution in [1.29, 1.82) is 0 Å². The Bertz CT molecular complexity index is 704. The van der Waals surface area contributed by atoms with Crippen LogP contribution in [-0.4, -0.2) is 47.4 Å². The molecule has 0 aliphatic carbocycles. The zero-order valence-electron chi connectivity index (χ0n) is 11.5. The maximum Gasteiger partial charge on any atom is 0.270 e. The summed E-state index contributed by atoms with van der Waals surface area (Å²) < 4.78 is 12.4. The highest BCUT2D eigenvalue weighted by Crippen LogP contribution is 2.27. The molecule has 9 nitrogen and oxygen atoms in total. The van der Waals surface area contributed by atoms with E-state index in [-0.39, 0.29) is 10.9 Å². The lowest BCUT2D eigenvalue weighted by atomic mass is 10.1. The number of aromatic amines is 1. The third kappa shape index (κ3) is 2.37. The summed E-state index contributed by atoms with van der Waals surface area (Å²) in [7, 11) is -1.60. The van der Waals surface area contributed by atoms with Crippen LogP contribution < -0.4 is 5.32 Å². The fourth-order valence-corrected chi connectivity index (χ4v) is 3.29. The van der Waals surface area contributed by atoms with Crippen molar-refractivity contribution in [3.05, 3.63) is 22.4 Å². The number of H-pyrrole nitrogens is 1. The standard InChI is InChI=1S/C11H13N7O2S/c1-3-7-4-18-5-8(21(20)11(18)12-6(7)2)9(19)13-10-14-16-17-15-10/h5H,3-4H2,1-2H3,(H2,13,14,15,16,17,19). The summed E-state index contributed by atoms with van der Waals surface area (Å²) in [6.07, 6.45) is 2.43. The van der Waals surface area contributed by atoms with Gasteiger partial charge in [-0.3, -0.25) is 10.1 Å². The Labute approximate surface area is 122 Å². The Kier molecular flexibility index (Phi) is 3.37. The molecule has 3 heterocycles. The summed E-state index contributed by atoms with van der Waals surface area (Å²) in [6.45, 7) is 4.53. The number of allylic oxidation sites excluding steroid dienone is 1.